The summed E-state index contributed by atoms with van der Waals surface area (Å²) in [5.74, 6) is -0.0538. The molecule has 1 aromatic rings. The third-order valence-corrected chi connectivity index (χ3v) is 1.98. The number of rotatable bonds is 3. The molecule has 0 aliphatic rings. The van der Waals surface area contributed by atoms with Gasteiger partial charge in [-0.2, -0.15) is 15.6 Å². The Kier molecular flexibility index (Phi) is 4.02. The van der Waals surface area contributed by atoms with Gasteiger partial charge in [-0.1, -0.05) is 0 Å². The van der Waals surface area contributed by atoms with Crippen molar-refractivity contribution in [1.82, 2.24) is 0 Å². The number of halogens is 1. The highest BCUT2D eigenvalue weighted by Crippen LogP contribution is 2.27. The van der Waals surface area contributed by atoms with E-state index >= 15 is 0 Å². The molecular formula is C11H9FN4O. The molecule has 0 atom stereocenters. The van der Waals surface area contributed by atoms with Gasteiger partial charge in [0.25, 0.3) is 0 Å². The van der Waals surface area contributed by atoms with Crippen LogP contribution in [0.1, 0.15) is 5.56 Å². The van der Waals surface area contributed by atoms with E-state index in [9.17, 15) is 4.39 Å². The maximum atomic E-state index is 13.3. The van der Waals surface area contributed by atoms with Gasteiger partial charge in [-0.3, -0.25) is 5.43 Å². The minimum atomic E-state index is -0.432. The Balaban J connectivity index is 3.08. The van der Waals surface area contributed by atoms with Crippen LogP contribution in [0.5, 0.6) is 5.75 Å². The van der Waals surface area contributed by atoms with Crippen LogP contribution in [0.25, 0.3) is 0 Å². The summed E-state index contributed by atoms with van der Waals surface area (Å²) in [6, 6.07) is 5.83. The maximum absolute atomic E-state index is 13.3. The number of nitrogens with zero attached hydrogens (tertiary/aromatic N) is 3. The summed E-state index contributed by atoms with van der Waals surface area (Å²) in [6.07, 6.45) is 0. The lowest BCUT2D eigenvalue weighted by Gasteiger charge is -2.09. The normalized spacial score (nSPS) is 8.76. The van der Waals surface area contributed by atoms with Crippen molar-refractivity contribution in [3.05, 3.63) is 23.5 Å². The molecule has 86 valence electrons. The molecule has 6 heteroatoms. The van der Waals surface area contributed by atoms with Crippen LogP contribution < -0.4 is 10.2 Å². The van der Waals surface area contributed by atoms with Crippen LogP contribution in [-0.2, 0) is 0 Å². The van der Waals surface area contributed by atoms with Crippen molar-refractivity contribution in [3.63, 3.8) is 0 Å². The number of nitriles is 2. The number of anilines is 1. The molecule has 0 saturated carbocycles. The second-order valence-corrected chi connectivity index (χ2v) is 3.10. The van der Waals surface area contributed by atoms with Crippen molar-refractivity contribution in [1.29, 1.82) is 10.5 Å². The Morgan fingerprint density at radius 2 is 2.06 bits per heavy atom. The second kappa shape index (κ2) is 5.47. The molecule has 1 N–H and O–H groups in total. The van der Waals surface area contributed by atoms with Gasteiger partial charge >= 0.3 is 0 Å². The van der Waals surface area contributed by atoms with Gasteiger partial charge in [0.1, 0.15) is 29.4 Å². The van der Waals surface area contributed by atoms with Gasteiger partial charge in [0.05, 0.1) is 7.11 Å². The van der Waals surface area contributed by atoms with Crippen molar-refractivity contribution >= 4 is 11.4 Å². The molecule has 0 bridgehead atoms. The molecule has 0 spiro atoms. The molecule has 0 radical (unpaired) electrons. The number of nitrogens with one attached hydrogen (secondary N) is 1. The number of methoxy groups -OCH3 is 1. The van der Waals surface area contributed by atoms with Gasteiger partial charge in [-0.15, -0.1) is 0 Å². The molecule has 0 heterocycles. The Bertz CT molecular complexity index is 524. The number of hydrogen-bond acceptors (Lipinski definition) is 5. The molecule has 0 unspecified atom stereocenters. The van der Waals surface area contributed by atoms with Crippen molar-refractivity contribution in [2.75, 3.05) is 12.5 Å². The van der Waals surface area contributed by atoms with Crippen LogP contribution >= 0.6 is 0 Å². The fraction of sp³-hybridized carbons (Fsp3) is 0.182. The topological polar surface area (TPSA) is 81.2 Å². The predicted octanol–water partition coefficient (Wildman–Crippen LogP) is 1.96. The van der Waals surface area contributed by atoms with E-state index in [1.807, 2.05) is 0 Å². The van der Waals surface area contributed by atoms with E-state index in [2.05, 4.69) is 10.5 Å². The van der Waals surface area contributed by atoms with Gasteiger partial charge in [0, 0.05) is 6.07 Å². The monoisotopic (exact) mass is 232 g/mol. The summed E-state index contributed by atoms with van der Waals surface area (Å²) >= 11 is 0. The molecule has 0 fully saturated rings. The lowest BCUT2D eigenvalue weighted by atomic mass is 10.2. The predicted molar refractivity (Wildman–Crippen MR) is 60.0 cm³/mol. The molecule has 0 amide bonds. The molecule has 0 aromatic heterocycles. The van der Waals surface area contributed by atoms with Crippen molar-refractivity contribution in [3.8, 4) is 17.9 Å². The second-order valence-electron chi connectivity index (χ2n) is 3.10. The first kappa shape index (κ1) is 12.5. The van der Waals surface area contributed by atoms with Crippen molar-refractivity contribution in [2.45, 2.75) is 6.92 Å². The lowest BCUT2D eigenvalue weighted by Crippen LogP contribution is -2.00. The van der Waals surface area contributed by atoms with E-state index in [4.69, 9.17) is 15.3 Å². The van der Waals surface area contributed by atoms with Gasteiger partial charge in [-0.25, -0.2) is 4.39 Å². The molecule has 5 nitrogen and oxygen atoms in total. The molecule has 0 aliphatic carbocycles. The van der Waals surface area contributed by atoms with Crippen LogP contribution in [0.3, 0.4) is 0 Å². The van der Waals surface area contributed by atoms with E-state index in [1.54, 1.807) is 19.1 Å². The minimum absolute atomic E-state index is 0.249. The van der Waals surface area contributed by atoms with Gasteiger partial charge in [-0.05, 0) is 18.6 Å². The zero-order valence-electron chi connectivity index (χ0n) is 9.28. The quantitative estimate of drug-likeness (QED) is 0.638. The molecule has 0 aliphatic heterocycles. The zero-order valence-corrected chi connectivity index (χ0v) is 9.28. The Morgan fingerprint density at radius 1 is 1.41 bits per heavy atom. The first-order valence-corrected chi connectivity index (χ1v) is 4.60. The highest BCUT2D eigenvalue weighted by Gasteiger charge is 2.07. The van der Waals surface area contributed by atoms with Crippen LogP contribution in [0.15, 0.2) is 17.2 Å². The molecule has 0 saturated heterocycles. The van der Waals surface area contributed by atoms with E-state index in [1.165, 1.54) is 19.2 Å². The Morgan fingerprint density at radius 3 is 2.59 bits per heavy atom. The average Bonchev–Trinajstić information content (AvgIpc) is 2.34. The highest BCUT2D eigenvalue weighted by atomic mass is 19.1. The smallest absolute Gasteiger partial charge is 0.237 e. The van der Waals surface area contributed by atoms with E-state index in [0.29, 0.717) is 11.3 Å². The molecular weight excluding hydrogens is 223 g/mol. The number of hydrogen-bond donors (Lipinski definition) is 1. The number of hydrazone groups is 1. The van der Waals surface area contributed by atoms with E-state index < -0.39 is 5.82 Å². The fourth-order valence-corrected chi connectivity index (χ4v) is 1.10. The summed E-state index contributed by atoms with van der Waals surface area (Å²) in [5.41, 5.74) is 2.74. The van der Waals surface area contributed by atoms with Crippen LogP contribution in [0, 0.1) is 35.4 Å². The Hall–Kier alpha value is -2.60. The average molecular weight is 232 g/mol. The minimum Gasteiger partial charge on any atom is -0.495 e. The fourth-order valence-electron chi connectivity index (χ4n) is 1.10. The molecule has 1 aromatic carbocycles. The van der Waals surface area contributed by atoms with Crippen molar-refractivity contribution in [2.24, 2.45) is 5.10 Å². The van der Waals surface area contributed by atoms with Crippen molar-refractivity contribution < 1.29 is 9.13 Å². The standard InChI is InChI=1S/C11H9FN4O/c1-7-3-11(17-2)10(4-9(7)12)16-15-8(5-13)6-14/h3-4,16H,1-2H3. The summed E-state index contributed by atoms with van der Waals surface area (Å²) < 4.78 is 18.3. The summed E-state index contributed by atoms with van der Waals surface area (Å²) in [4.78, 5) is 0. The third kappa shape index (κ3) is 2.93. The first-order chi connectivity index (χ1) is 8.12. The SMILES string of the molecule is COc1cc(C)c(F)cc1NN=C(C#N)C#N. The highest BCUT2D eigenvalue weighted by molar-refractivity contribution is 6.10. The number of benzene rings is 1. The zero-order chi connectivity index (χ0) is 12.8. The lowest BCUT2D eigenvalue weighted by molar-refractivity contribution is 0.415. The summed E-state index contributed by atoms with van der Waals surface area (Å²) in [6.45, 7) is 1.60. The van der Waals surface area contributed by atoms with Crippen LogP contribution in [0.2, 0.25) is 0 Å². The van der Waals surface area contributed by atoms with Crippen LogP contribution in [-0.4, -0.2) is 12.8 Å². The van der Waals surface area contributed by atoms with Crippen LogP contribution in [0.4, 0.5) is 10.1 Å². The molecule has 17 heavy (non-hydrogen) atoms. The van der Waals surface area contributed by atoms with Gasteiger partial charge < -0.3 is 4.74 Å². The van der Waals surface area contributed by atoms with Gasteiger partial charge in [0.2, 0.25) is 5.71 Å². The third-order valence-electron chi connectivity index (χ3n) is 1.98. The van der Waals surface area contributed by atoms with Gasteiger partial charge in [0.15, 0.2) is 0 Å². The number of aryl methyl sites for hydroxylation is 1. The summed E-state index contributed by atoms with van der Waals surface area (Å²) in [5, 5.41) is 20.5. The Labute approximate surface area is 97.7 Å². The van der Waals surface area contributed by atoms with E-state index in [0.717, 1.165) is 0 Å². The summed E-state index contributed by atoms with van der Waals surface area (Å²) in [7, 11) is 1.43. The molecule has 1 rings (SSSR count). The number of ether oxygens (including phenoxy) is 1. The largest absolute Gasteiger partial charge is 0.495 e. The first-order valence-electron chi connectivity index (χ1n) is 4.60. The van der Waals surface area contributed by atoms with E-state index in [-0.39, 0.29) is 11.4 Å². The maximum Gasteiger partial charge on any atom is 0.237 e.